The summed E-state index contributed by atoms with van der Waals surface area (Å²) in [6.45, 7) is 1.32. The monoisotopic (exact) mass is 414 g/mol. The highest BCUT2D eigenvalue weighted by Gasteiger charge is 2.16. The Kier molecular flexibility index (Phi) is 7.27. The molecule has 1 aliphatic carbocycles. The van der Waals surface area contributed by atoms with E-state index in [4.69, 9.17) is 4.98 Å². The molecule has 0 unspecified atom stereocenters. The topological polar surface area (TPSA) is 58.1 Å². The quantitative estimate of drug-likeness (QED) is 0.457. The van der Waals surface area contributed by atoms with Crippen LogP contribution in [0.4, 0.5) is 11.5 Å². The molecule has 2 heterocycles. The second-order valence-electron chi connectivity index (χ2n) is 8.24. The molecule has 160 valence electrons. The number of hydrogen-bond donors (Lipinski definition) is 1. The van der Waals surface area contributed by atoms with E-state index in [1.165, 1.54) is 32.1 Å². The van der Waals surface area contributed by atoms with Crippen molar-refractivity contribution >= 4 is 17.9 Å². The number of carbonyl (C=O) groups is 1. The minimum Gasteiger partial charge on any atom is -0.368 e. The zero-order valence-corrected chi connectivity index (χ0v) is 17.9. The van der Waals surface area contributed by atoms with Gasteiger partial charge >= 0.3 is 0 Å². The fraction of sp³-hybridized carbons (Fsp3) is 0.346. The van der Waals surface area contributed by atoms with Gasteiger partial charge in [0, 0.05) is 24.5 Å². The molecule has 2 aromatic heterocycles. The summed E-state index contributed by atoms with van der Waals surface area (Å²) in [5, 5.41) is 3.54. The molecule has 3 aromatic rings. The van der Waals surface area contributed by atoms with Crippen LogP contribution in [-0.2, 0) is 11.3 Å². The minimum absolute atomic E-state index is 0.459. The minimum atomic E-state index is 0.459. The molecule has 1 fully saturated rings. The Morgan fingerprint density at radius 3 is 2.58 bits per heavy atom. The van der Waals surface area contributed by atoms with Gasteiger partial charge < -0.3 is 10.2 Å². The van der Waals surface area contributed by atoms with Crippen molar-refractivity contribution in [2.75, 3.05) is 16.8 Å². The molecule has 5 nitrogen and oxygen atoms in total. The van der Waals surface area contributed by atoms with Gasteiger partial charge in [-0.3, -0.25) is 9.78 Å². The fourth-order valence-electron chi connectivity index (χ4n) is 4.32. The number of anilines is 2. The fourth-order valence-corrected chi connectivity index (χ4v) is 4.32. The highest BCUT2D eigenvalue weighted by molar-refractivity contribution is 5.83. The molecule has 1 aliphatic rings. The molecule has 0 bridgehead atoms. The lowest BCUT2D eigenvalue weighted by atomic mass is 9.87. The van der Waals surface area contributed by atoms with Crippen LogP contribution in [0.5, 0.6) is 0 Å². The van der Waals surface area contributed by atoms with E-state index in [1.807, 2.05) is 42.5 Å². The van der Waals surface area contributed by atoms with Gasteiger partial charge in [0.25, 0.3) is 0 Å². The van der Waals surface area contributed by atoms with Gasteiger partial charge in [-0.1, -0.05) is 68.5 Å². The second-order valence-corrected chi connectivity index (χ2v) is 8.24. The van der Waals surface area contributed by atoms with E-state index >= 15 is 0 Å². The van der Waals surface area contributed by atoms with Crippen molar-refractivity contribution in [1.29, 1.82) is 0 Å². The van der Waals surface area contributed by atoms with E-state index in [1.54, 1.807) is 17.3 Å². The van der Waals surface area contributed by atoms with Gasteiger partial charge in [-0.15, -0.1) is 0 Å². The molecule has 0 saturated heterocycles. The predicted molar refractivity (Wildman–Crippen MR) is 126 cm³/mol. The second kappa shape index (κ2) is 10.7. The lowest BCUT2D eigenvalue weighted by Crippen LogP contribution is -2.23. The average molecular weight is 415 g/mol. The third-order valence-corrected chi connectivity index (χ3v) is 6.03. The predicted octanol–water partition coefficient (Wildman–Crippen LogP) is 5.69. The van der Waals surface area contributed by atoms with Gasteiger partial charge in [-0.05, 0) is 36.1 Å². The summed E-state index contributed by atoms with van der Waals surface area (Å²) in [6, 6.07) is 18.0. The van der Waals surface area contributed by atoms with Crippen molar-refractivity contribution in [3.63, 3.8) is 0 Å². The molecule has 1 aromatic carbocycles. The first-order valence-electron chi connectivity index (χ1n) is 11.2. The summed E-state index contributed by atoms with van der Waals surface area (Å²) in [6.07, 6.45) is 12.3. The smallest absolute Gasteiger partial charge is 0.214 e. The number of hydrogen-bond acceptors (Lipinski definition) is 4. The lowest BCUT2D eigenvalue weighted by molar-refractivity contribution is -0.107. The van der Waals surface area contributed by atoms with E-state index < -0.39 is 0 Å². The van der Waals surface area contributed by atoms with Gasteiger partial charge in [0.05, 0.1) is 17.9 Å². The third-order valence-electron chi connectivity index (χ3n) is 6.03. The Hall–Kier alpha value is -3.21. The highest BCUT2D eigenvalue weighted by atomic mass is 16.1. The Bertz CT molecular complexity index is 956. The number of nitrogens with one attached hydrogen (secondary N) is 1. The van der Waals surface area contributed by atoms with Crippen LogP contribution < -0.4 is 10.2 Å². The maximum absolute atomic E-state index is 12.0. The summed E-state index contributed by atoms with van der Waals surface area (Å²) in [5.74, 6) is 1.55. The van der Waals surface area contributed by atoms with E-state index in [9.17, 15) is 4.79 Å². The normalized spacial score (nSPS) is 14.2. The molecular weight excluding hydrogens is 384 g/mol. The van der Waals surface area contributed by atoms with Crippen molar-refractivity contribution in [2.45, 2.75) is 45.1 Å². The number of aromatic nitrogens is 2. The number of benzene rings is 1. The average Bonchev–Trinajstić information content (AvgIpc) is 2.84. The summed E-state index contributed by atoms with van der Waals surface area (Å²) in [4.78, 5) is 22.8. The number of pyridine rings is 2. The van der Waals surface area contributed by atoms with Gasteiger partial charge in [0.15, 0.2) is 5.82 Å². The molecule has 0 aliphatic heterocycles. The first-order valence-corrected chi connectivity index (χ1v) is 11.2. The van der Waals surface area contributed by atoms with Crippen LogP contribution in [0.1, 0.15) is 44.1 Å². The largest absolute Gasteiger partial charge is 0.368 e. The number of rotatable bonds is 9. The van der Waals surface area contributed by atoms with E-state index in [0.717, 1.165) is 53.6 Å². The van der Waals surface area contributed by atoms with Crippen LogP contribution in [0.25, 0.3) is 11.3 Å². The molecular formula is C26H30N4O. The van der Waals surface area contributed by atoms with Gasteiger partial charge in [-0.2, -0.15) is 0 Å². The summed E-state index contributed by atoms with van der Waals surface area (Å²) < 4.78 is 0. The number of nitrogens with zero attached hydrogens (tertiary/aromatic N) is 3. The molecule has 0 spiro atoms. The summed E-state index contributed by atoms with van der Waals surface area (Å²) >= 11 is 0. The standard InChI is InChI=1S/C26H30N4O/c31-20-30(19-22-10-7-16-27-18-22)25-14-13-24(23-11-5-2-6-12-23)29-26(25)28-17-15-21-8-3-1-4-9-21/h2,5-7,10-14,16,18,20-21H,1,3-4,8-9,15,17,19H2,(H,28,29). The van der Waals surface area contributed by atoms with Crippen molar-refractivity contribution in [3.05, 3.63) is 72.6 Å². The van der Waals surface area contributed by atoms with Crippen LogP contribution in [-0.4, -0.2) is 22.9 Å². The molecule has 0 atom stereocenters. The van der Waals surface area contributed by atoms with E-state index in [0.29, 0.717) is 6.54 Å². The van der Waals surface area contributed by atoms with Crippen LogP contribution in [0.3, 0.4) is 0 Å². The Morgan fingerprint density at radius 1 is 1.00 bits per heavy atom. The molecule has 1 N–H and O–H groups in total. The maximum atomic E-state index is 12.0. The van der Waals surface area contributed by atoms with Crippen LogP contribution >= 0.6 is 0 Å². The molecule has 4 rings (SSSR count). The summed E-state index contributed by atoms with van der Waals surface area (Å²) in [7, 11) is 0. The Morgan fingerprint density at radius 2 is 1.84 bits per heavy atom. The zero-order chi connectivity index (χ0) is 21.3. The van der Waals surface area contributed by atoms with Crippen molar-refractivity contribution in [3.8, 4) is 11.3 Å². The van der Waals surface area contributed by atoms with Crippen molar-refractivity contribution in [2.24, 2.45) is 5.92 Å². The first kappa shape index (κ1) is 21.0. The summed E-state index contributed by atoms with van der Waals surface area (Å²) in [5.41, 5.74) is 3.74. The Balaban J connectivity index is 1.56. The molecule has 5 heteroatoms. The Labute approximate surface area is 184 Å². The molecule has 0 radical (unpaired) electrons. The SMILES string of the molecule is O=CN(Cc1cccnc1)c1ccc(-c2ccccc2)nc1NCCC1CCCCC1. The molecule has 1 amide bonds. The van der Waals surface area contributed by atoms with Crippen molar-refractivity contribution in [1.82, 2.24) is 9.97 Å². The van der Waals surface area contributed by atoms with Crippen LogP contribution in [0, 0.1) is 5.92 Å². The highest BCUT2D eigenvalue weighted by Crippen LogP contribution is 2.30. The third kappa shape index (κ3) is 5.69. The van der Waals surface area contributed by atoms with Gasteiger partial charge in [0.2, 0.25) is 6.41 Å². The van der Waals surface area contributed by atoms with Gasteiger partial charge in [-0.25, -0.2) is 4.98 Å². The zero-order valence-electron chi connectivity index (χ0n) is 17.9. The van der Waals surface area contributed by atoms with Crippen molar-refractivity contribution < 1.29 is 4.79 Å². The van der Waals surface area contributed by atoms with Gasteiger partial charge in [0.1, 0.15) is 0 Å². The lowest BCUT2D eigenvalue weighted by Gasteiger charge is -2.24. The maximum Gasteiger partial charge on any atom is 0.214 e. The number of carbonyl (C=O) groups excluding carboxylic acids is 1. The molecule has 31 heavy (non-hydrogen) atoms. The molecule has 1 saturated carbocycles. The van der Waals surface area contributed by atoms with Crippen LogP contribution in [0.2, 0.25) is 0 Å². The van der Waals surface area contributed by atoms with E-state index in [2.05, 4.69) is 22.4 Å². The van der Waals surface area contributed by atoms with Crippen LogP contribution in [0.15, 0.2) is 67.0 Å². The first-order chi connectivity index (χ1) is 15.3. The van der Waals surface area contributed by atoms with E-state index in [-0.39, 0.29) is 0 Å². The number of amides is 1.